The predicted octanol–water partition coefficient (Wildman–Crippen LogP) is 4.17. The molecule has 1 aliphatic rings. The Morgan fingerprint density at radius 3 is 2.57 bits per heavy atom. The SMILES string of the molecule is Cc1ccc(-c2noc(CN3CCN(C(=O)/C=C/c4ccccc4Br)CC3)n2)cc1. The van der Waals surface area contributed by atoms with E-state index in [4.69, 9.17) is 4.52 Å². The summed E-state index contributed by atoms with van der Waals surface area (Å²) in [5.74, 6) is 1.24. The third-order valence-corrected chi connectivity index (χ3v) is 5.85. The summed E-state index contributed by atoms with van der Waals surface area (Å²) in [6.45, 7) is 5.55. The zero-order valence-corrected chi connectivity index (χ0v) is 18.4. The molecular formula is C23H23BrN4O2. The van der Waals surface area contributed by atoms with E-state index in [0.717, 1.165) is 28.7 Å². The monoisotopic (exact) mass is 466 g/mol. The van der Waals surface area contributed by atoms with Crippen LogP contribution in [0, 0.1) is 6.92 Å². The highest BCUT2D eigenvalue weighted by Gasteiger charge is 2.21. The van der Waals surface area contributed by atoms with Gasteiger partial charge in [0.05, 0.1) is 6.54 Å². The summed E-state index contributed by atoms with van der Waals surface area (Å²) in [4.78, 5) is 21.1. The molecule has 0 unspecified atom stereocenters. The Hall–Kier alpha value is -2.77. The van der Waals surface area contributed by atoms with Crippen LogP contribution in [0.3, 0.4) is 0 Å². The Labute approximate surface area is 184 Å². The van der Waals surface area contributed by atoms with E-state index in [1.807, 2.05) is 66.4 Å². The molecule has 1 aromatic heterocycles. The fourth-order valence-electron chi connectivity index (χ4n) is 3.33. The number of halogens is 1. The maximum Gasteiger partial charge on any atom is 0.246 e. The molecular weight excluding hydrogens is 444 g/mol. The predicted molar refractivity (Wildman–Crippen MR) is 120 cm³/mol. The number of nitrogens with zero attached hydrogens (tertiary/aromatic N) is 4. The van der Waals surface area contributed by atoms with Gasteiger partial charge in [0.2, 0.25) is 17.6 Å². The van der Waals surface area contributed by atoms with Crippen LogP contribution in [0.5, 0.6) is 0 Å². The van der Waals surface area contributed by atoms with Crippen LogP contribution < -0.4 is 0 Å². The van der Waals surface area contributed by atoms with Crippen molar-refractivity contribution in [1.29, 1.82) is 0 Å². The zero-order chi connectivity index (χ0) is 20.9. The van der Waals surface area contributed by atoms with Gasteiger partial charge < -0.3 is 9.42 Å². The van der Waals surface area contributed by atoms with E-state index in [2.05, 4.69) is 31.0 Å². The Kier molecular flexibility index (Phi) is 6.40. The van der Waals surface area contributed by atoms with Crippen LogP contribution in [0.1, 0.15) is 17.0 Å². The van der Waals surface area contributed by atoms with Gasteiger partial charge in [0.1, 0.15) is 0 Å². The van der Waals surface area contributed by atoms with Gasteiger partial charge in [0.25, 0.3) is 0 Å². The lowest BCUT2D eigenvalue weighted by atomic mass is 10.1. The standard InChI is InChI=1S/C23H23BrN4O2/c1-17-6-8-19(9-7-17)23-25-21(30-26-23)16-27-12-14-28(15-13-27)22(29)11-10-18-4-2-3-5-20(18)24/h2-11H,12-16H2,1H3/b11-10+. The lowest BCUT2D eigenvalue weighted by Gasteiger charge is -2.33. The fourth-order valence-corrected chi connectivity index (χ4v) is 3.75. The fraction of sp³-hybridized carbons (Fsp3) is 0.261. The topological polar surface area (TPSA) is 62.5 Å². The summed E-state index contributed by atoms with van der Waals surface area (Å²) in [5.41, 5.74) is 3.13. The molecule has 4 rings (SSSR count). The van der Waals surface area contributed by atoms with Crippen molar-refractivity contribution in [3.8, 4) is 11.4 Å². The number of piperazine rings is 1. The molecule has 0 N–H and O–H groups in total. The molecule has 2 heterocycles. The maximum atomic E-state index is 12.5. The van der Waals surface area contributed by atoms with Crippen LogP contribution in [-0.4, -0.2) is 52.0 Å². The van der Waals surface area contributed by atoms with Crippen molar-refractivity contribution >= 4 is 27.9 Å². The molecule has 6 nitrogen and oxygen atoms in total. The second kappa shape index (κ2) is 9.36. The molecule has 1 aliphatic heterocycles. The second-order valence-electron chi connectivity index (χ2n) is 7.33. The molecule has 3 aromatic rings. The minimum absolute atomic E-state index is 0.0323. The first-order valence-corrected chi connectivity index (χ1v) is 10.7. The van der Waals surface area contributed by atoms with Gasteiger partial charge in [-0.1, -0.05) is 69.1 Å². The molecule has 1 saturated heterocycles. The highest BCUT2D eigenvalue weighted by Crippen LogP contribution is 2.19. The van der Waals surface area contributed by atoms with Crippen LogP contribution in [0.25, 0.3) is 17.5 Å². The average Bonchev–Trinajstić information content (AvgIpc) is 3.22. The molecule has 0 aliphatic carbocycles. The first kappa shape index (κ1) is 20.5. The zero-order valence-electron chi connectivity index (χ0n) is 16.8. The average molecular weight is 467 g/mol. The van der Waals surface area contributed by atoms with Crippen molar-refractivity contribution in [2.24, 2.45) is 0 Å². The summed E-state index contributed by atoms with van der Waals surface area (Å²) in [6, 6.07) is 15.9. The number of hydrogen-bond donors (Lipinski definition) is 0. The highest BCUT2D eigenvalue weighted by molar-refractivity contribution is 9.10. The minimum Gasteiger partial charge on any atom is -0.338 e. The third kappa shape index (κ3) is 5.04. The first-order valence-electron chi connectivity index (χ1n) is 9.92. The Bertz CT molecular complexity index is 1040. The van der Waals surface area contributed by atoms with Gasteiger partial charge in [-0.05, 0) is 24.6 Å². The number of carbonyl (C=O) groups excluding carboxylic acids is 1. The van der Waals surface area contributed by atoms with Gasteiger partial charge >= 0.3 is 0 Å². The van der Waals surface area contributed by atoms with Gasteiger partial charge in [-0.2, -0.15) is 4.98 Å². The number of aryl methyl sites for hydroxylation is 1. The van der Waals surface area contributed by atoms with Gasteiger partial charge in [-0.15, -0.1) is 0 Å². The minimum atomic E-state index is 0.0323. The smallest absolute Gasteiger partial charge is 0.246 e. The largest absolute Gasteiger partial charge is 0.338 e. The van der Waals surface area contributed by atoms with Crippen LogP contribution in [0.4, 0.5) is 0 Å². The molecule has 154 valence electrons. The molecule has 30 heavy (non-hydrogen) atoms. The summed E-state index contributed by atoms with van der Waals surface area (Å²) >= 11 is 3.50. The van der Waals surface area contributed by atoms with E-state index in [9.17, 15) is 4.79 Å². The molecule has 0 radical (unpaired) electrons. The number of amides is 1. The number of aromatic nitrogens is 2. The van der Waals surface area contributed by atoms with E-state index >= 15 is 0 Å². The van der Waals surface area contributed by atoms with Crippen LogP contribution in [-0.2, 0) is 11.3 Å². The van der Waals surface area contributed by atoms with Crippen molar-refractivity contribution in [2.75, 3.05) is 26.2 Å². The van der Waals surface area contributed by atoms with E-state index in [1.165, 1.54) is 5.56 Å². The van der Waals surface area contributed by atoms with Gasteiger partial charge in [0, 0.05) is 42.3 Å². The van der Waals surface area contributed by atoms with E-state index in [0.29, 0.717) is 31.3 Å². The molecule has 0 bridgehead atoms. The van der Waals surface area contributed by atoms with Crippen molar-refractivity contribution < 1.29 is 9.32 Å². The van der Waals surface area contributed by atoms with Gasteiger partial charge in [-0.3, -0.25) is 9.69 Å². The van der Waals surface area contributed by atoms with Gasteiger partial charge in [0.15, 0.2) is 0 Å². The van der Waals surface area contributed by atoms with Crippen LogP contribution in [0.15, 0.2) is 63.6 Å². The molecule has 0 saturated carbocycles. The molecule has 7 heteroatoms. The van der Waals surface area contributed by atoms with E-state index in [1.54, 1.807) is 6.08 Å². The highest BCUT2D eigenvalue weighted by atomic mass is 79.9. The van der Waals surface area contributed by atoms with Crippen molar-refractivity contribution in [2.45, 2.75) is 13.5 Å². The molecule has 0 atom stereocenters. The number of carbonyl (C=O) groups is 1. The molecule has 1 amide bonds. The van der Waals surface area contributed by atoms with E-state index < -0.39 is 0 Å². The molecule has 2 aromatic carbocycles. The summed E-state index contributed by atoms with van der Waals surface area (Å²) in [5, 5.41) is 4.09. The Morgan fingerprint density at radius 2 is 1.83 bits per heavy atom. The maximum absolute atomic E-state index is 12.5. The van der Waals surface area contributed by atoms with E-state index in [-0.39, 0.29) is 5.91 Å². The summed E-state index contributed by atoms with van der Waals surface area (Å²) in [7, 11) is 0. The molecule has 0 spiro atoms. The number of hydrogen-bond acceptors (Lipinski definition) is 5. The normalized spacial score (nSPS) is 15.1. The lowest BCUT2D eigenvalue weighted by Crippen LogP contribution is -2.47. The number of benzene rings is 2. The summed E-state index contributed by atoms with van der Waals surface area (Å²) < 4.78 is 6.40. The quantitative estimate of drug-likeness (QED) is 0.528. The third-order valence-electron chi connectivity index (χ3n) is 5.13. The summed E-state index contributed by atoms with van der Waals surface area (Å²) in [6.07, 6.45) is 3.49. The van der Waals surface area contributed by atoms with Crippen molar-refractivity contribution in [3.05, 3.63) is 76.1 Å². The second-order valence-corrected chi connectivity index (χ2v) is 8.19. The Balaban J connectivity index is 1.29. The van der Waals surface area contributed by atoms with Crippen LogP contribution >= 0.6 is 15.9 Å². The first-order chi connectivity index (χ1) is 14.6. The number of rotatable bonds is 5. The molecule has 1 fully saturated rings. The Morgan fingerprint density at radius 1 is 1.10 bits per heavy atom. The van der Waals surface area contributed by atoms with Crippen molar-refractivity contribution in [3.63, 3.8) is 0 Å². The lowest BCUT2D eigenvalue weighted by molar-refractivity contribution is -0.127. The van der Waals surface area contributed by atoms with Gasteiger partial charge in [-0.25, -0.2) is 0 Å². The van der Waals surface area contributed by atoms with Crippen molar-refractivity contribution in [1.82, 2.24) is 19.9 Å². The van der Waals surface area contributed by atoms with Crippen LogP contribution in [0.2, 0.25) is 0 Å².